The Labute approximate surface area is 133 Å². The number of aromatic hydroxyl groups is 2. The van der Waals surface area contributed by atoms with Gasteiger partial charge in [-0.2, -0.15) is 0 Å². The zero-order valence-electron chi connectivity index (χ0n) is 12.5. The van der Waals surface area contributed by atoms with E-state index in [2.05, 4.69) is 17.1 Å². The van der Waals surface area contributed by atoms with E-state index in [-0.39, 0.29) is 23.6 Å². The van der Waals surface area contributed by atoms with E-state index in [1.54, 1.807) is 10.8 Å². The molecular weight excluding hydrogens is 288 g/mol. The molecule has 0 spiro atoms. The van der Waals surface area contributed by atoms with Crippen molar-refractivity contribution in [2.24, 2.45) is 0 Å². The summed E-state index contributed by atoms with van der Waals surface area (Å²) < 4.78 is 1.55. The van der Waals surface area contributed by atoms with Crippen LogP contribution in [-0.4, -0.2) is 19.8 Å². The van der Waals surface area contributed by atoms with E-state index in [0.29, 0.717) is 5.69 Å². The molecule has 0 radical (unpaired) electrons. The molecule has 2 N–H and O–H groups in total. The number of pyridine rings is 1. The number of hydrogen-bond donors (Lipinski definition) is 2. The third kappa shape index (κ3) is 1.58. The standard InChI is InChI=1S/C19H16N2O2/c22-18-15-11-6-7-12(9-8-11)16(15)19(23)21(18)14-5-1-3-13-4-2-10-20-17(13)14/h1-7,10-12,22-23H,8-9H2/t11-,12+. The molecule has 0 fully saturated rings. The van der Waals surface area contributed by atoms with Crippen LogP contribution >= 0.6 is 0 Å². The second-order valence-corrected chi connectivity index (χ2v) is 6.34. The highest BCUT2D eigenvalue weighted by Crippen LogP contribution is 2.54. The summed E-state index contributed by atoms with van der Waals surface area (Å²) in [7, 11) is 0. The fraction of sp³-hybridized carbons (Fsp3) is 0.211. The summed E-state index contributed by atoms with van der Waals surface area (Å²) in [6, 6.07) is 9.65. The van der Waals surface area contributed by atoms with Gasteiger partial charge in [-0.15, -0.1) is 0 Å². The molecule has 2 atom stereocenters. The Bertz CT molecular complexity index is 928. The fourth-order valence-corrected chi connectivity index (χ4v) is 4.11. The Kier molecular flexibility index (Phi) is 2.43. The summed E-state index contributed by atoms with van der Waals surface area (Å²) in [4.78, 5) is 4.44. The lowest BCUT2D eigenvalue weighted by Gasteiger charge is -2.30. The molecule has 0 aliphatic heterocycles. The van der Waals surface area contributed by atoms with E-state index < -0.39 is 0 Å². The number of allylic oxidation sites excluding steroid dienone is 2. The third-order valence-corrected chi connectivity index (χ3v) is 5.15. The maximum Gasteiger partial charge on any atom is 0.202 e. The predicted molar refractivity (Wildman–Crippen MR) is 88.3 cm³/mol. The Balaban J connectivity index is 1.84. The summed E-state index contributed by atoms with van der Waals surface area (Å²) >= 11 is 0. The molecule has 4 heteroatoms. The van der Waals surface area contributed by atoms with E-state index in [0.717, 1.165) is 34.9 Å². The van der Waals surface area contributed by atoms with Crippen molar-refractivity contribution in [2.75, 3.05) is 0 Å². The van der Waals surface area contributed by atoms with Crippen molar-refractivity contribution in [2.45, 2.75) is 24.7 Å². The van der Waals surface area contributed by atoms with Gasteiger partial charge in [0.25, 0.3) is 0 Å². The Morgan fingerprint density at radius 1 is 0.913 bits per heavy atom. The Morgan fingerprint density at radius 3 is 2.22 bits per heavy atom. The molecule has 2 heterocycles. The number of rotatable bonds is 1. The smallest absolute Gasteiger partial charge is 0.202 e. The molecule has 4 nitrogen and oxygen atoms in total. The van der Waals surface area contributed by atoms with Crippen LogP contribution in [0.5, 0.6) is 11.8 Å². The maximum atomic E-state index is 10.8. The topological polar surface area (TPSA) is 58.3 Å². The van der Waals surface area contributed by atoms with E-state index in [1.165, 1.54) is 0 Å². The first-order valence-electron chi connectivity index (χ1n) is 7.94. The van der Waals surface area contributed by atoms with Crippen LogP contribution < -0.4 is 0 Å². The van der Waals surface area contributed by atoms with Crippen LogP contribution in [0.25, 0.3) is 16.6 Å². The number of hydrogen-bond acceptors (Lipinski definition) is 3. The van der Waals surface area contributed by atoms with Crippen LogP contribution in [0.4, 0.5) is 0 Å². The Morgan fingerprint density at radius 2 is 1.57 bits per heavy atom. The van der Waals surface area contributed by atoms with Crippen molar-refractivity contribution < 1.29 is 10.2 Å². The number of nitrogens with zero attached hydrogens (tertiary/aromatic N) is 2. The summed E-state index contributed by atoms with van der Waals surface area (Å²) in [5, 5.41) is 22.6. The highest BCUT2D eigenvalue weighted by Gasteiger charge is 2.38. The lowest BCUT2D eigenvalue weighted by Crippen LogP contribution is -2.15. The molecule has 3 aliphatic carbocycles. The van der Waals surface area contributed by atoms with Crippen molar-refractivity contribution in [1.82, 2.24) is 9.55 Å². The van der Waals surface area contributed by atoms with Crippen molar-refractivity contribution in [3.05, 3.63) is 59.8 Å². The van der Waals surface area contributed by atoms with Gasteiger partial charge in [-0.25, -0.2) is 4.57 Å². The zero-order valence-corrected chi connectivity index (χ0v) is 12.5. The largest absolute Gasteiger partial charge is 0.494 e. The average Bonchev–Trinajstić information content (AvgIpc) is 2.89. The average molecular weight is 304 g/mol. The molecule has 1 aromatic carbocycles. The van der Waals surface area contributed by atoms with Gasteiger partial charge in [0.05, 0.1) is 11.2 Å². The molecule has 2 bridgehead atoms. The third-order valence-electron chi connectivity index (χ3n) is 5.15. The van der Waals surface area contributed by atoms with Crippen molar-refractivity contribution in [1.29, 1.82) is 0 Å². The fourth-order valence-electron chi connectivity index (χ4n) is 4.11. The van der Waals surface area contributed by atoms with Crippen molar-refractivity contribution in [3.63, 3.8) is 0 Å². The molecule has 6 rings (SSSR count). The number of fused-ring (bicyclic) bond motifs is 2. The minimum absolute atomic E-state index is 0.148. The quantitative estimate of drug-likeness (QED) is 0.669. The Hall–Kier alpha value is -2.75. The van der Waals surface area contributed by atoms with Crippen LogP contribution in [0.3, 0.4) is 0 Å². The first-order chi connectivity index (χ1) is 11.3. The first kappa shape index (κ1) is 12.8. The van der Waals surface area contributed by atoms with Crippen LogP contribution in [0.15, 0.2) is 48.7 Å². The van der Waals surface area contributed by atoms with Gasteiger partial charge in [-0.1, -0.05) is 30.4 Å². The predicted octanol–water partition coefficient (Wildman–Crippen LogP) is 3.97. The molecule has 3 aliphatic rings. The molecule has 114 valence electrons. The van der Waals surface area contributed by atoms with Gasteiger partial charge >= 0.3 is 0 Å². The van der Waals surface area contributed by atoms with Crippen molar-refractivity contribution >= 4 is 10.9 Å². The highest BCUT2D eigenvalue weighted by molar-refractivity contribution is 5.87. The molecule has 0 unspecified atom stereocenters. The summed E-state index contributed by atoms with van der Waals surface area (Å²) in [6.45, 7) is 0. The number of benzene rings is 1. The second-order valence-electron chi connectivity index (χ2n) is 6.34. The van der Waals surface area contributed by atoms with Crippen molar-refractivity contribution in [3.8, 4) is 17.4 Å². The van der Waals surface area contributed by atoms with Gasteiger partial charge in [0.15, 0.2) is 0 Å². The van der Waals surface area contributed by atoms with Gasteiger partial charge < -0.3 is 10.2 Å². The molecule has 0 saturated carbocycles. The lowest BCUT2D eigenvalue weighted by molar-refractivity contribution is 0.399. The van der Waals surface area contributed by atoms with E-state index in [1.807, 2.05) is 30.3 Å². The van der Waals surface area contributed by atoms with Gasteiger partial charge in [0.1, 0.15) is 0 Å². The molecule has 3 aromatic rings. The van der Waals surface area contributed by atoms with Gasteiger partial charge in [0.2, 0.25) is 11.8 Å². The minimum Gasteiger partial charge on any atom is -0.494 e. The van der Waals surface area contributed by atoms with Gasteiger partial charge in [-0.05, 0) is 25.0 Å². The zero-order chi connectivity index (χ0) is 15.6. The molecule has 0 amide bonds. The van der Waals surface area contributed by atoms with E-state index in [4.69, 9.17) is 0 Å². The molecular formula is C19H16N2O2. The SMILES string of the molecule is Oc1c2c(c(O)n1-c1cccc3cccnc13)[C@H]1C=C[C@@H]2CC1. The van der Waals surface area contributed by atoms with Gasteiger partial charge in [-0.3, -0.25) is 4.98 Å². The van der Waals surface area contributed by atoms with Gasteiger partial charge in [0, 0.05) is 34.5 Å². The van der Waals surface area contributed by atoms with Crippen LogP contribution in [0.2, 0.25) is 0 Å². The maximum absolute atomic E-state index is 10.8. The summed E-state index contributed by atoms with van der Waals surface area (Å²) in [6.07, 6.45) is 8.09. The van der Waals surface area contributed by atoms with Crippen LogP contribution in [0.1, 0.15) is 35.8 Å². The number of para-hydroxylation sites is 1. The minimum atomic E-state index is 0.148. The van der Waals surface area contributed by atoms with E-state index in [9.17, 15) is 10.2 Å². The second kappa shape index (κ2) is 4.38. The van der Waals surface area contributed by atoms with Crippen LogP contribution in [0, 0.1) is 0 Å². The molecule has 0 saturated heterocycles. The molecule has 2 aromatic heterocycles. The number of aromatic nitrogens is 2. The van der Waals surface area contributed by atoms with Crippen LogP contribution in [-0.2, 0) is 0 Å². The summed E-state index contributed by atoms with van der Waals surface area (Å²) in [5.74, 6) is 0.694. The van der Waals surface area contributed by atoms with E-state index >= 15 is 0 Å². The lowest BCUT2D eigenvalue weighted by atomic mass is 9.73. The first-order valence-corrected chi connectivity index (χ1v) is 7.94. The summed E-state index contributed by atoms with van der Waals surface area (Å²) in [5.41, 5.74) is 3.25. The molecule has 23 heavy (non-hydrogen) atoms. The normalized spacial score (nSPS) is 21.7. The highest BCUT2D eigenvalue weighted by atomic mass is 16.3. The monoisotopic (exact) mass is 304 g/mol.